The van der Waals surface area contributed by atoms with Crippen LogP contribution < -0.4 is 5.32 Å². The van der Waals surface area contributed by atoms with E-state index in [2.05, 4.69) is 11.4 Å². The molecule has 1 amide bonds. The van der Waals surface area contributed by atoms with Crippen molar-refractivity contribution in [2.75, 3.05) is 25.0 Å². The lowest BCUT2D eigenvalue weighted by atomic mass is 10.1. The second-order valence-corrected chi connectivity index (χ2v) is 5.24. The van der Waals surface area contributed by atoms with Crippen LogP contribution in [0.25, 0.3) is 0 Å². The molecule has 1 aromatic rings. The Bertz CT molecular complexity index is 467. The Morgan fingerprint density at radius 1 is 1.16 bits per heavy atom. The van der Waals surface area contributed by atoms with Gasteiger partial charge in [-0.05, 0) is 37.1 Å². The zero-order valence-corrected chi connectivity index (χ0v) is 11.5. The first-order valence-electron chi connectivity index (χ1n) is 6.65. The highest BCUT2D eigenvalue weighted by molar-refractivity contribution is 5.92. The smallest absolute Gasteiger partial charge is 0.238 e. The SMILES string of the molecule is Cc1cc(C)cc(NC(=O)CN2CCC(=O)CC2)c1. The topological polar surface area (TPSA) is 49.4 Å². The van der Waals surface area contributed by atoms with Gasteiger partial charge >= 0.3 is 0 Å². The fourth-order valence-corrected chi connectivity index (χ4v) is 2.41. The zero-order valence-electron chi connectivity index (χ0n) is 11.5. The molecule has 0 unspecified atom stereocenters. The van der Waals surface area contributed by atoms with Gasteiger partial charge in [-0.15, -0.1) is 0 Å². The average molecular weight is 260 g/mol. The third-order valence-electron chi connectivity index (χ3n) is 3.29. The number of nitrogens with one attached hydrogen (secondary N) is 1. The molecule has 1 fully saturated rings. The number of carbonyl (C=O) groups excluding carboxylic acids is 2. The summed E-state index contributed by atoms with van der Waals surface area (Å²) in [5.74, 6) is 0.283. The number of rotatable bonds is 3. The van der Waals surface area contributed by atoms with E-state index in [4.69, 9.17) is 0 Å². The molecule has 1 heterocycles. The lowest BCUT2D eigenvalue weighted by Crippen LogP contribution is -2.39. The van der Waals surface area contributed by atoms with Crippen LogP contribution in [0.5, 0.6) is 0 Å². The second-order valence-electron chi connectivity index (χ2n) is 5.24. The lowest BCUT2D eigenvalue weighted by Gasteiger charge is -2.25. The minimum Gasteiger partial charge on any atom is -0.325 e. The van der Waals surface area contributed by atoms with Gasteiger partial charge in [0.05, 0.1) is 6.54 Å². The van der Waals surface area contributed by atoms with E-state index >= 15 is 0 Å². The highest BCUT2D eigenvalue weighted by atomic mass is 16.2. The third kappa shape index (κ3) is 4.17. The van der Waals surface area contributed by atoms with E-state index in [-0.39, 0.29) is 5.91 Å². The summed E-state index contributed by atoms with van der Waals surface area (Å²) in [6.45, 7) is 5.77. The van der Waals surface area contributed by atoms with Gasteiger partial charge in [-0.25, -0.2) is 0 Å². The zero-order chi connectivity index (χ0) is 13.8. The number of piperidine rings is 1. The standard InChI is InChI=1S/C15H20N2O2/c1-11-7-12(2)9-13(8-11)16-15(19)10-17-5-3-14(18)4-6-17/h7-9H,3-6,10H2,1-2H3,(H,16,19). The van der Waals surface area contributed by atoms with E-state index in [9.17, 15) is 9.59 Å². The van der Waals surface area contributed by atoms with E-state index in [1.54, 1.807) is 0 Å². The fourth-order valence-electron chi connectivity index (χ4n) is 2.41. The molecule has 1 N–H and O–H groups in total. The molecule has 4 heteroatoms. The van der Waals surface area contributed by atoms with Gasteiger partial charge in [0.25, 0.3) is 0 Å². The molecule has 1 aromatic carbocycles. The van der Waals surface area contributed by atoms with Crippen LogP contribution in [0.2, 0.25) is 0 Å². The number of carbonyl (C=O) groups is 2. The summed E-state index contributed by atoms with van der Waals surface area (Å²) in [5.41, 5.74) is 3.12. The minimum absolute atomic E-state index is 0.0145. The number of likely N-dealkylation sites (tertiary alicyclic amines) is 1. The highest BCUT2D eigenvalue weighted by Crippen LogP contribution is 2.14. The van der Waals surface area contributed by atoms with Gasteiger partial charge in [-0.1, -0.05) is 6.07 Å². The predicted octanol–water partition coefficient (Wildman–Crippen LogP) is 1.91. The van der Waals surface area contributed by atoms with E-state index in [0.29, 0.717) is 38.3 Å². The normalized spacial score (nSPS) is 16.4. The molecule has 19 heavy (non-hydrogen) atoms. The van der Waals surface area contributed by atoms with Crippen molar-refractivity contribution in [3.8, 4) is 0 Å². The lowest BCUT2D eigenvalue weighted by molar-refractivity contribution is -0.124. The minimum atomic E-state index is -0.0145. The molecule has 1 aliphatic rings. The number of aryl methyl sites for hydroxylation is 2. The quantitative estimate of drug-likeness (QED) is 0.903. The van der Waals surface area contributed by atoms with Crippen molar-refractivity contribution in [2.45, 2.75) is 26.7 Å². The monoisotopic (exact) mass is 260 g/mol. The molecule has 0 radical (unpaired) electrons. The summed E-state index contributed by atoms with van der Waals surface area (Å²) in [7, 11) is 0. The summed E-state index contributed by atoms with van der Waals surface area (Å²) in [6, 6.07) is 6.00. The molecule has 2 rings (SSSR count). The summed E-state index contributed by atoms with van der Waals surface area (Å²) in [6.07, 6.45) is 1.13. The van der Waals surface area contributed by atoms with Gasteiger partial charge in [0.2, 0.25) is 5.91 Å². The fraction of sp³-hybridized carbons (Fsp3) is 0.467. The molecule has 0 atom stereocenters. The number of benzene rings is 1. The molecule has 1 saturated heterocycles. The van der Waals surface area contributed by atoms with Crippen LogP contribution in [0.3, 0.4) is 0 Å². The van der Waals surface area contributed by atoms with Crippen molar-refractivity contribution in [3.05, 3.63) is 29.3 Å². The molecule has 102 valence electrons. The van der Waals surface area contributed by atoms with E-state index in [1.165, 1.54) is 0 Å². The first-order valence-corrected chi connectivity index (χ1v) is 6.65. The van der Waals surface area contributed by atoms with Crippen LogP contribution in [0.4, 0.5) is 5.69 Å². The Morgan fingerprint density at radius 3 is 2.32 bits per heavy atom. The van der Waals surface area contributed by atoms with Crippen LogP contribution in [0, 0.1) is 13.8 Å². The van der Waals surface area contributed by atoms with Crippen molar-refractivity contribution >= 4 is 17.4 Å². The second kappa shape index (κ2) is 5.97. The van der Waals surface area contributed by atoms with Crippen LogP contribution in [0.1, 0.15) is 24.0 Å². The van der Waals surface area contributed by atoms with Crippen molar-refractivity contribution in [2.24, 2.45) is 0 Å². The summed E-state index contributed by atoms with van der Waals surface area (Å²) < 4.78 is 0. The first kappa shape index (κ1) is 13.7. The van der Waals surface area contributed by atoms with Gasteiger partial charge in [0.1, 0.15) is 5.78 Å². The Hall–Kier alpha value is -1.68. The number of hydrogen-bond donors (Lipinski definition) is 1. The number of nitrogens with zero attached hydrogens (tertiary/aromatic N) is 1. The van der Waals surface area contributed by atoms with Gasteiger partial charge in [-0.2, -0.15) is 0 Å². The Labute approximate surface area is 113 Å². The Morgan fingerprint density at radius 2 is 1.74 bits per heavy atom. The van der Waals surface area contributed by atoms with Crippen molar-refractivity contribution in [1.29, 1.82) is 0 Å². The molecular formula is C15H20N2O2. The van der Waals surface area contributed by atoms with Crippen LogP contribution in [-0.4, -0.2) is 36.2 Å². The molecule has 4 nitrogen and oxygen atoms in total. The van der Waals surface area contributed by atoms with Crippen LogP contribution >= 0.6 is 0 Å². The first-order chi connectivity index (χ1) is 9.02. The third-order valence-corrected chi connectivity index (χ3v) is 3.29. The molecule has 0 bridgehead atoms. The maximum absolute atomic E-state index is 11.9. The predicted molar refractivity (Wildman–Crippen MR) is 75.2 cm³/mol. The molecule has 1 aliphatic heterocycles. The average Bonchev–Trinajstić information content (AvgIpc) is 2.30. The van der Waals surface area contributed by atoms with Crippen LogP contribution in [0.15, 0.2) is 18.2 Å². The Kier molecular flexibility index (Phi) is 4.32. The molecule has 0 saturated carbocycles. The summed E-state index contributed by atoms with van der Waals surface area (Å²) >= 11 is 0. The van der Waals surface area contributed by atoms with Crippen LogP contribution in [-0.2, 0) is 9.59 Å². The maximum Gasteiger partial charge on any atom is 0.238 e. The van der Waals surface area contributed by atoms with E-state index in [0.717, 1.165) is 16.8 Å². The van der Waals surface area contributed by atoms with Crippen molar-refractivity contribution in [1.82, 2.24) is 4.90 Å². The van der Waals surface area contributed by atoms with Gasteiger partial charge in [-0.3, -0.25) is 14.5 Å². The summed E-state index contributed by atoms with van der Waals surface area (Å²) in [5, 5.41) is 2.92. The number of ketones is 1. The number of amides is 1. The number of hydrogen-bond acceptors (Lipinski definition) is 3. The number of Topliss-reactive ketones (excluding diaryl/α,β-unsaturated/α-hetero) is 1. The Balaban J connectivity index is 1.88. The summed E-state index contributed by atoms with van der Waals surface area (Å²) in [4.78, 5) is 25.1. The van der Waals surface area contributed by atoms with Gasteiger partial charge in [0, 0.05) is 31.6 Å². The maximum atomic E-state index is 11.9. The van der Waals surface area contributed by atoms with Crippen molar-refractivity contribution < 1.29 is 9.59 Å². The van der Waals surface area contributed by atoms with Gasteiger partial charge < -0.3 is 5.32 Å². The number of anilines is 1. The van der Waals surface area contributed by atoms with Gasteiger partial charge in [0.15, 0.2) is 0 Å². The van der Waals surface area contributed by atoms with Crippen molar-refractivity contribution in [3.63, 3.8) is 0 Å². The molecule has 0 spiro atoms. The molecule has 0 aliphatic carbocycles. The van der Waals surface area contributed by atoms with E-state index in [1.807, 2.05) is 30.9 Å². The largest absolute Gasteiger partial charge is 0.325 e. The molecule has 0 aromatic heterocycles. The molecular weight excluding hydrogens is 240 g/mol. The van der Waals surface area contributed by atoms with E-state index < -0.39 is 0 Å². The highest BCUT2D eigenvalue weighted by Gasteiger charge is 2.18.